The SMILES string of the molecule is CCCCC(CC)C(=O)OC(=O)c1cccc2ccccc12.[H-].[H-].[K+].[K+]. The maximum atomic E-state index is 12.3. The van der Waals surface area contributed by atoms with Gasteiger partial charge in [0, 0.05) is 0 Å². The van der Waals surface area contributed by atoms with Crippen molar-refractivity contribution in [1.29, 1.82) is 0 Å². The van der Waals surface area contributed by atoms with Crippen molar-refractivity contribution in [3.8, 4) is 0 Å². The fourth-order valence-electron chi connectivity index (χ4n) is 2.57. The van der Waals surface area contributed by atoms with Crippen LogP contribution in [-0.2, 0) is 9.53 Å². The average Bonchev–Trinajstić information content (AvgIpc) is 2.55. The van der Waals surface area contributed by atoms with Crippen LogP contribution in [0.4, 0.5) is 0 Å². The van der Waals surface area contributed by atoms with E-state index in [2.05, 4.69) is 6.92 Å². The topological polar surface area (TPSA) is 43.4 Å². The summed E-state index contributed by atoms with van der Waals surface area (Å²) in [6.45, 7) is 4.03. The minimum Gasteiger partial charge on any atom is -1.00 e. The molecule has 0 amide bonds. The second-order valence-corrected chi connectivity index (χ2v) is 5.48. The molecule has 2 aromatic carbocycles. The van der Waals surface area contributed by atoms with Crippen molar-refractivity contribution in [2.24, 2.45) is 5.92 Å². The van der Waals surface area contributed by atoms with E-state index in [-0.39, 0.29) is 112 Å². The molecule has 120 valence electrons. The zero-order valence-electron chi connectivity index (χ0n) is 17.2. The summed E-state index contributed by atoms with van der Waals surface area (Å²) in [4.78, 5) is 24.5. The summed E-state index contributed by atoms with van der Waals surface area (Å²) < 4.78 is 5.12. The molecule has 2 aromatic rings. The zero-order chi connectivity index (χ0) is 15.9. The maximum absolute atomic E-state index is 12.3. The predicted molar refractivity (Wildman–Crippen MR) is 89.9 cm³/mol. The van der Waals surface area contributed by atoms with Crippen molar-refractivity contribution in [2.75, 3.05) is 0 Å². The Kier molecular flexibility index (Phi) is 13.9. The van der Waals surface area contributed by atoms with E-state index in [1.165, 1.54) is 0 Å². The number of benzene rings is 2. The monoisotopic (exact) mass is 378 g/mol. The Balaban J connectivity index is -0.00000132. The Labute approximate surface area is 232 Å². The summed E-state index contributed by atoms with van der Waals surface area (Å²) in [5, 5.41) is 1.77. The molecule has 0 aliphatic heterocycles. The van der Waals surface area contributed by atoms with Gasteiger partial charge in [-0.2, -0.15) is 0 Å². The molecular formula is C19H24K2O3. The second-order valence-electron chi connectivity index (χ2n) is 5.48. The van der Waals surface area contributed by atoms with Gasteiger partial charge in [-0.15, -0.1) is 0 Å². The Morgan fingerprint density at radius 1 is 1.04 bits per heavy atom. The van der Waals surface area contributed by atoms with Crippen molar-refractivity contribution in [3.05, 3.63) is 48.0 Å². The van der Waals surface area contributed by atoms with Gasteiger partial charge in [-0.1, -0.05) is 63.1 Å². The van der Waals surface area contributed by atoms with Gasteiger partial charge in [-0.3, -0.25) is 4.79 Å². The van der Waals surface area contributed by atoms with Crippen LogP contribution >= 0.6 is 0 Å². The molecule has 3 nitrogen and oxygen atoms in total. The fourth-order valence-corrected chi connectivity index (χ4v) is 2.57. The van der Waals surface area contributed by atoms with E-state index in [1.807, 2.05) is 37.3 Å². The fraction of sp³-hybridized carbons (Fsp3) is 0.368. The van der Waals surface area contributed by atoms with Crippen LogP contribution in [0.25, 0.3) is 10.8 Å². The van der Waals surface area contributed by atoms with Gasteiger partial charge in [0.2, 0.25) is 0 Å². The number of esters is 2. The van der Waals surface area contributed by atoms with E-state index in [9.17, 15) is 9.59 Å². The number of unbranched alkanes of at least 4 members (excludes halogenated alkanes) is 1. The molecule has 0 aliphatic rings. The number of carbonyl (C=O) groups is 2. The number of carbonyl (C=O) groups excluding carboxylic acids is 2. The van der Waals surface area contributed by atoms with Crippen LogP contribution < -0.4 is 103 Å². The molecule has 0 saturated carbocycles. The first-order valence-electron chi connectivity index (χ1n) is 7.91. The molecule has 0 saturated heterocycles. The quantitative estimate of drug-likeness (QED) is 0.367. The summed E-state index contributed by atoms with van der Waals surface area (Å²) in [6.07, 6.45) is 3.47. The van der Waals surface area contributed by atoms with Gasteiger partial charge in [0.05, 0.1) is 11.5 Å². The number of fused-ring (bicyclic) bond motifs is 1. The first-order valence-corrected chi connectivity index (χ1v) is 7.91. The van der Waals surface area contributed by atoms with Gasteiger partial charge in [-0.05, 0) is 29.7 Å². The van der Waals surface area contributed by atoms with Crippen molar-refractivity contribution in [1.82, 2.24) is 0 Å². The maximum Gasteiger partial charge on any atom is 1.00 e. The Hall–Kier alpha value is 1.11. The smallest absolute Gasteiger partial charge is 1.00 e. The molecule has 5 heteroatoms. The van der Waals surface area contributed by atoms with Gasteiger partial charge in [0.25, 0.3) is 0 Å². The normalized spacial score (nSPS) is 11.1. The van der Waals surface area contributed by atoms with Gasteiger partial charge in [0.1, 0.15) is 0 Å². The zero-order valence-corrected chi connectivity index (χ0v) is 21.4. The molecule has 1 unspecified atom stereocenters. The number of hydrogen-bond acceptors (Lipinski definition) is 3. The molecule has 0 radical (unpaired) electrons. The molecule has 0 spiro atoms. The molecule has 24 heavy (non-hydrogen) atoms. The standard InChI is InChI=1S/C19H22O3.2K.2H/c1-3-5-9-14(4-2)18(20)22-19(21)17-13-8-11-15-10-6-7-12-16(15)17;;;;/h6-8,10-14H,3-5,9H2,1-2H3;;;;/q;2*+1;2*-1. The van der Waals surface area contributed by atoms with Crippen LogP contribution in [-0.4, -0.2) is 11.9 Å². The van der Waals surface area contributed by atoms with Gasteiger partial charge < -0.3 is 7.59 Å². The molecule has 0 heterocycles. The summed E-state index contributed by atoms with van der Waals surface area (Å²) in [7, 11) is 0. The van der Waals surface area contributed by atoms with Crippen molar-refractivity contribution in [2.45, 2.75) is 39.5 Å². The minimum atomic E-state index is -0.559. The largest absolute Gasteiger partial charge is 1.00 e. The van der Waals surface area contributed by atoms with E-state index in [4.69, 9.17) is 4.74 Å². The van der Waals surface area contributed by atoms with Crippen molar-refractivity contribution >= 4 is 22.7 Å². The number of hydrogen-bond donors (Lipinski definition) is 0. The molecule has 0 bridgehead atoms. The number of rotatable bonds is 6. The van der Waals surface area contributed by atoms with E-state index in [1.54, 1.807) is 12.1 Å². The molecule has 0 fully saturated rings. The van der Waals surface area contributed by atoms with Gasteiger partial charge in [0.15, 0.2) is 0 Å². The van der Waals surface area contributed by atoms with Crippen molar-refractivity contribution < 1.29 is 120 Å². The molecular weight excluding hydrogens is 354 g/mol. The third-order valence-corrected chi connectivity index (χ3v) is 3.94. The van der Waals surface area contributed by atoms with Gasteiger partial charge >= 0.3 is 115 Å². The average molecular weight is 379 g/mol. The Morgan fingerprint density at radius 2 is 1.71 bits per heavy atom. The van der Waals surface area contributed by atoms with Crippen LogP contribution in [0.1, 0.15) is 52.7 Å². The van der Waals surface area contributed by atoms with Crippen LogP contribution in [0.2, 0.25) is 0 Å². The third kappa shape index (κ3) is 7.02. The van der Waals surface area contributed by atoms with E-state index in [0.717, 1.165) is 30.0 Å². The summed E-state index contributed by atoms with van der Waals surface area (Å²) >= 11 is 0. The molecule has 0 aromatic heterocycles. The minimum absolute atomic E-state index is 0. The number of ether oxygens (including phenoxy) is 1. The van der Waals surface area contributed by atoms with Gasteiger partial charge in [-0.25, -0.2) is 4.79 Å². The van der Waals surface area contributed by atoms with E-state index >= 15 is 0 Å². The Morgan fingerprint density at radius 3 is 2.38 bits per heavy atom. The summed E-state index contributed by atoms with van der Waals surface area (Å²) in [6, 6.07) is 13.0. The Bertz CT molecular complexity index is 675. The van der Waals surface area contributed by atoms with E-state index in [0.29, 0.717) is 12.0 Å². The first kappa shape index (κ1) is 25.1. The van der Waals surface area contributed by atoms with Crippen molar-refractivity contribution in [3.63, 3.8) is 0 Å². The second kappa shape index (κ2) is 13.3. The molecule has 2 rings (SSSR count). The van der Waals surface area contributed by atoms with Crippen LogP contribution in [0.5, 0.6) is 0 Å². The molecule has 0 N–H and O–H groups in total. The third-order valence-electron chi connectivity index (χ3n) is 3.94. The predicted octanol–water partition coefficient (Wildman–Crippen LogP) is -1.03. The van der Waals surface area contributed by atoms with E-state index < -0.39 is 11.9 Å². The molecule has 1 atom stereocenters. The summed E-state index contributed by atoms with van der Waals surface area (Å²) in [5.41, 5.74) is 0.441. The summed E-state index contributed by atoms with van der Waals surface area (Å²) in [5.74, 6) is -1.16. The molecule has 0 aliphatic carbocycles. The first-order chi connectivity index (χ1) is 10.7. The van der Waals surface area contributed by atoms with Crippen LogP contribution in [0.15, 0.2) is 42.5 Å². The van der Waals surface area contributed by atoms with Crippen LogP contribution in [0, 0.1) is 5.92 Å². The van der Waals surface area contributed by atoms with Crippen LogP contribution in [0.3, 0.4) is 0 Å².